The van der Waals surface area contributed by atoms with Crippen LogP contribution in [0, 0.1) is 0 Å². The molecule has 2 saturated heterocycles. The van der Waals surface area contributed by atoms with E-state index in [0.717, 1.165) is 44.5 Å². The maximum atomic E-state index is 16.4. The van der Waals surface area contributed by atoms with E-state index in [1.165, 1.54) is 0 Å². The van der Waals surface area contributed by atoms with Gasteiger partial charge in [0.2, 0.25) is 0 Å². The van der Waals surface area contributed by atoms with Crippen LogP contribution in [0.4, 0.5) is 9.59 Å². The van der Waals surface area contributed by atoms with Gasteiger partial charge in [-0.05, 0) is 59.7 Å². The number of aromatic hydroxyl groups is 2. The SMILES string of the molecule is O=C1N2Cc3c4ccc5c3CN3C(=O)N6Cc7c(ccc(c7CN1C6(c1ccccc1)C23c1ccccc1)OCCOCCN(Cc1ccc(O)cc1)CCOCCO4)OCCOCCN(Cc1ccc(O)cc1)CCOCCO5. The summed E-state index contributed by atoms with van der Waals surface area (Å²) in [5.74, 6) is 2.65. The second-order valence-electron chi connectivity index (χ2n) is 20.8. The molecule has 6 aromatic carbocycles. The van der Waals surface area contributed by atoms with Gasteiger partial charge >= 0.3 is 12.1 Å². The zero-order valence-electron chi connectivity index (χ0n) is 44.9. The van der Waals surface area contributed by atoms with Crippen LogP contribution >= 0.6 is 0 Å². The molecule has 2 fully saturated rings. The van der Waals surface area contributed by atoms with Crippen LogP contribution in [-0.4, -0.2) is 157 Å². The molecule has 0 atom stereocenters. The van der Waals surface area contributed by atoms with Crippen molar-refractivity contribution < 1.29 is 57.7 Å². The Bertz CT molecular complexity index is 2800. The summed E-state index contributed by atoms with van der Waals surface area (Å²) in [6, 6.07) is 41.4. The van der Waals surface area contributed by atoms with Gasteiger partial charge in [-0.25, -0.2) is 9.59 Å². The molecule has 8 bridgehead atoms. The third-order valence-electron chi connectivity index (χ3n) is 16.1. The number of hydrogen-bond acceptors (Lipinski definition) is 14. The van der Waals surface area contributed by atoms with Crippen molar-refractivity contribution >= 4 is 12.1 Å². The molecular formula is C62H68N6O12. The summed E-state index contributed by atoms with van der Waals surface area (Å²) >= 11 is 0. The number of benzene rings is 6. The Morgan fingerprint density at radius 2 is 0.637 bits per heavy atom. The predicted molar refractivity (Wildman–Crippen MR) is 294 cm³/mol. The first kappa shape index (κ1) is 53.1. The quantitative estimate of drug-likeness (QED) is 0.167. The lowest BCUT2D eigenvalue weighted by molar-refractivity contribution is -0.0796. The molecule has 2 N–H and O–H groups in total. The molecule has 6 heterocycles. The maximum Gasteiger partial charge on any atom is 0.325 e. The number of nitrogens with zero attached hydrogens (tertiary/aromatic N) is 6. The smallest absolute Gasteiger partial charge is 0.325 e. The summed E-state index contributed by atoms with van der Waals surface area (Å²) in [6.07, 6.45) is 0. The average molecular weight is 1090 g/mol. The zero-order valence-corrected chi connectivity index (χ0v) is 44.9. The number of phenolic OH excluding ortho intramolecular Hbond substituents is 2. The van der Waals surface area contributed by atoms with Crippen LogP contribution in [0.2, 0.25) is 0 Å². The molecule has 418 valence electrons. The van der Waals surface area contributed by atoms with Crippen molar-refractivity contribution in [3.8, 4) is 34.5 Å². The van der Waals surface area contributed by atoms with E-state index in [-0.39, 0.29) is 76.2 Å². The number of rotatable bonds is 6. The van der Waals surface area contributed by atoms with Crippen LogP contribution in [0.5, 0.6) is 34.5 Å². The lowest BCUT2D eigenvalue weighted by atomic mass is 9.79. The van der Waals surface area contributed by atoms with E-state index in [0.29, 0.717) is 115 Å². The number of ether oxygens (including phenoxy) is 8. The molecule has 6 aromatic rings. The van der Waals surface area contributed by atoms with Crippen LogP contribution in [0.15, 0.2) is 133 Å². The summed E-state index contributed by atoms with van der Waals surface area (Å²) in [5.41, 5.74) is 3.62. The van der Waals surface area contributed by atoms with Crippen LogP contribution < -0.4 is 18.9 Å². The Morgan fingerprint density at radius 1 is 0.350 bits per heavy atom. The minimum Gasteiger partial charge on any atom is -0.508 e. The van der Waals surface area contributed by atoms with E-state index in [4.69, 9.17) is 37.9 Å². The summed E-state index contributed by atoms with van der Waals surface area (Å²) in [7, 11) is 0. The third kappa shape index (κ3) is 10.1. The predicted octanol–water partition coefficient (Wildman–Crippen LogP) is 7.62. The number of urea groups is 2. The molecule has 0 saturated carbocycles. The molecule has 4 amide bonds. The lowest BCUT2D eigenvalue weighted by Gasteiger charge is -2.49. The number of carbonyl (C=O) groups excluding carboxylic acids is 2. The minimum absolute atomic E-state index is 0.0649. The highest BCUT2D eigenvalue weighted by Gasteiger charge is 2.81. The Hall–Kier alpha value is -7.58. The van der Waals surface area contributed by atoms with Crippen molar-refractivity contribution in [2.24, 2.45) is 0 Å². The fraction of sp³-hybridized carbons (Fsp3) is 0.387. The molecule has 6 aliphatic rings. The van der Waals surface area contributed by atoms with Crippen molar-refractivity contribution in [3.63, 3.8) is 0 Å². The molecule has 80 heavy (non-hydrogen) atoms. The third-order valence-corrected chi connectivity index (χ3v) is 16.1. The molecule has 6 aliphatic heterocycles. The molecule has 0 radical (unpaired) electrons. The second kappa shape index (κ2) is 23.6. The van der Waals surface area contributed by atoms with Gasteiger partial charge in [0, 0.05) is 72.6 Å². The highest BCUT2D eigenvalue weighted by atomic mass is 16.5. The number of carbonyl (C=O) groups is 2. The van der Waals surface area contributed by atoms with Crippen molar-refractivity contribution in [3.05, 3.63) is 178 Å². The molecule has 12 rings (SSSR count). The van der Waals surface area contributed by atoms with Gasteiger partial charge in [-0.3, -0.25) is 29.4 Å². The summed E-state index contributed by atoms with van der Waals surface area (Å²) in [6.45, 7) is 7.77. The zero-order chi connectivity index (χ0) is 54.5. The van der Waals surface area contributed by atoms with Gasteiger partial charge in [-0.1, -0.05) is 84.9 Å². The first-order valence-corrected chi connectivity index (χ1v) is 27.7. The van der Waals surface area contributed by atoms with E-state index in [1.807, 2.05) is 129 Å². The number of hydrogen-bond donors (Lipinski definition) is 2. The van der Waals surface area contributed by atoms with Gasteiger partial charge in [0.1, 0.15) is 60.9 Å². The molecule has 18 heteroatoms. The van der Waals surface area contributed by atoms with Crippen molar-refractivity contribution in [2.45, 2.75) is 50.6 Å². The van der Waals surface area contributed by atoms with E-state index in [2.05, 4.69) is 9.80 Å². The monoisotopic (exact) mass is 1090 g/mol. The van der Waals surface area contributed by atoms with E-state index < -0.39 is 11.3 Å². The molecule has 18 nitrogen and oxygen atoms in total. The van der Waals surface area contributed by atoms with Gasteiger partial charge in [0.25, 0.3) is 0 Å². The van der Waals surface area contributed by atoms with Crippen molar-refractivity contribution in [1.29, 1.82) is 0 Å². The highest BCUT2D eigenvalue weighted by Crippen LogP contribution is 2.66. The topological polar surface area (TPSA) is 168 Å². The van der Waals surface area contributed by atoms with Crippen LogP contribution in [0.25, 0.3) is 0 Å². The maximum absolute atomic E-state index is 16.4. The van der Waals surface area contributed by atoms with Crippen LogP contribution in [-0.2, 0) is 69.5 Å². The van der Waals surface area contributed by atoms with Gasteiger partial charge in [0.05, 0.1) is 79.0 Å². The van der Waals surface area contributed by atoms with Crippen molar-refractivity contribution in [1.82, 2.24) is 29.4 Å². The Morgan fingerprint density at radius 3 is 0.925 bits per heavy atom. The second-order valence-corrected chi connectivity index (χ2v) is 20.8. The molecule has 0 aliphatic carbocycles. The van der Waals surface area contributed by atoms with Gasteiger partial charge in [0.15, 0.2) is 11.3 Å². The molecular weight excluding hydrogens is 1020 g/mol. The molecule has 0 spiro atoms. The standard InChI is InChI=1S/C62H68N6O12/c69-49-15-11-45(12-16-49)39-63-23-27-73-31-35-77-55-19-20-56-52-42-66-60(72)68-44-54-53(43-67-59(71)65(41-51(52)55)61(66,47-7-3-1-4-8-47)62(67,68)48-9-5-2-6-10-48)57(79-37-33-75-29-25-63)21-22-58(54)80-38-34-76-30-26-64(24-28-74-32-36-78-56)40-46-13-17-50(70)18-14-46/h1-22,69-70H,23-44H2. The van der Waals surface area contributed by atoms with E-state index in [9.17, 15) is 10.2 Å². The number of amides is 4. The van der Waals surface area contributed by atoms with Gasteiger partial charge in [-0.2, -0.15) is 0 Å². The van der Waals surface area contributed by atoms with Crippen LogP contribution in [0.3, 0.4) is 0 Å². The van der Waals surface area contributed by atoms with Crippen molar-refractivity contribution in [2.75, 3.05) is 105 Å². The Labute approximate surface area is 466 Å². The first-order valence-electron chi connectivity index (χ1n) is 27.7. The van der Waals surface area contributed by atoms with Gasteiger partial charge in [-0.15, -0.1) is 0 Å². The first-order chi connectivity index (χ1) is 39.3. The average Bonchev–Trinajstić information content (AvgIpc) is 1.80. The largest absolute Gasteiger partial charge is 0.508 e. The lowest BCUT2D eigenvalue weighted by Crippen LogP contribution is -2.62. The number of phenols is 2. The minimum atomic E-state index is -1.46. The fourth-order valence-electron chi connectivity index (χ4n) is 12.4. The summed E-state index contributed by atoms with van der Waals surface area (Å²) in [5, 5.41) is 20.0. The molecule has 0 unspecified atom stereocenters. The Balaban J connectivity index is 0.975. The summed E-state index contributed by atoms with van der Waals surface area (Å²) < 4.78 is 51.9. The summed E-state index contributed by atoms with van der Waals surface area (Å²) in [4.78, 5) is 44.9. The highest BCUT2D eigenvalue weighted by molar-refractivity contribution is 5.91. The molecule has 0 aromatic heterocycles. The van der Waals surface area contributed by atoms with Gasteiger partial charge < -0.3 is 48.1 Å². The Kier molecular flexibility index (Phi) is 15.7. The normalized spacial score (nSPS) is 22.6. The van der Waals surface area contributed by atoms with E-state index in [1.54, 1.807) is 24.3 Å². The van der Waals surface area contributed by atoms with Crippen LogP contribution in [0.1, 0.15) is 44.5 Å². The fourth-order valence-corrected chi connectivity index (χ4v) is 12.4. The van der Waals surface area contributed by atoms with E-state index >= 15 is 9.59 Å².